The summed E-state index contributed by atoms with van der Waals surface area (Å²) in [5.74, 6) is 0.614. The normalized spacial score (nSPS) is 17.1. The quantitative estimate of drug-likeness (QED) is 0.460. The highest BCUT2D eigenvalue weighted by Gasteiger charge is 2.44. The number of methoxy groups -OCH3 is 3. The van der Waals surface area contributed by atoms with Crippen LogP contribution in [-0.4, -0.2) is 57.7 Å². The fraction of sp³-hybridized carbons (Fsp3) is 0.333. The van der Waals surface area contributed by atoms with Crippen molar-refractivity contribution in [3.05, 3.63) is 81.5 Å². The molecule has 184 valence electrons. The van der Waals surface area contributed by atoms with E-state index in [0.717, 1.165) is 16.0 Å². The molecule has 2 heterocycles. The van der Waals surface area contributed by atoms with Crippen molar-refractivity contribution < 1.29 is 23.8 Å². The van der Waals surface area contributed by atoms with E-state index >= 15 is 0 Å². The summed E-state index contributed by atoms with van der Waals surface area (Å²) in [6.45, 7) is 1.25. The molecule has 1 aliphatic heterocycles. The Morgan fingerprint density at radius 2 is 1.83 bits per heavy atom. The van der Waals surface area contributed by atoms with Crippen LogP contribution in [-0.2, 0) is 16.0 Å². The molecule has 3 aromatic rings. The maximum atomic E-state index is 13.7. The summed E-state index contributed by atoms with van der Waals surface area (Å²) in [6.07, 6.45) is 0.635. The van der Waals surface area contributed by atoms with Gasteiger partial charge in [-0.05, 0) is 47.2 Å². The molecule has 0 radical (unpaired) electrons. The Labute approximate surface area is 209 Å². The minimum atomic E-state index is -0.523. The van der Waals surface area contributed by atoms with Gasteiger partial charge in [-0.3, -0.25) is 9.59 Å². The summed E-state index contributed by atoms with van der Waals surface area (Å²) < 4.78 is 16.0. The molecule has 2 atom stereocenters. The lowest BCUT2D eigenvalue weighted by Gasteiger charge is -2.41. The number of hydrogen-bond acceptors (Lipinski definition) is 6. The molecule has 35 heavy (non-hydrogen) atoms. The van der Waals surface area contributed by atoms with Crippen molar-refractivity contribution in [1.29, 1.82) is 0 Å². The van der Waals surface area contributed by atoms with Crippen LogP contribution in [0, 0.1) is 0 Å². The number of nitrogens with zero attached hydrogens (tertiary/aromatic N) is 1. The SMILES string of the molecule is COCCN1C(=O)c2ccccc2[C@@H](C(=O)NCCc2ccc(OC)c(OC)c2)[C@H]1c1cccs1. The van der Waals surface area contributed by atoms with E-state index in [-0.39, 0.29) is 11.8 Å². The van der Waals surface area contributed by atoms with Gasteiger partial charge in [-0.1, -0.05) is 30.3 Å². The fourth-order valence-electron chi connectivity index (χ4n) is 4.56. The third-order valence-corrected chi connectivity index (χ3v) is 7.20. The van der Waals surface area contributed by atoms with Crippen molar-refractivity contribution in [2.45, 2.75) is 18.4 Å². The Morgan fingerprint density at radius 3 is 2.54 bits per heavy atom. The second kappa shape index (κ2) is 11.4. The van der Waals surface area contributed by atoms with E-state index in [2.05, 4.69) is 5.32 Å². The van der Waals surface area contributed by atoms with E-state index in [1.807, 2.05) is 53.9 Å². The Morgan fingerprint density at radius 1 is 1.03 bits per heavy atom. The molecule has 0 saturated carbocycles. The van der Waals surface area contributed by atoms with Crippen molar-refractivity contribution in [2.24, 2.45) is 0 Å². The molecule has 1 aromatic heterocycles. The van der Waals surface area contributed by atoms with E-state index in [9.17, 15) is 9.59 Å². The first-order valence-electron chi connectivity index (χ1n) is 11.5. The maximum Gasteiger partial charge on any atom is 0.254 e. The number of rotatable bonds is 10. The first-order valence-corrected chi connectivity index (χ1v) is 12.4. The third kappa shape index (κ3) is 5.18. The lowest BCUT2D eigenvalue weighted by atomic mass is 9.81. The van der Waals surface area contributed by atoms with E-state index in [1.165, 1.54) is 0 Å². The van der Waals surface area contributed by atoms with Gasteiger partial charge in [0.2, 0.25) is 5.91 Å². The zero-order valence-corrected chi connectivity index (χ0v) is 21.0. The predicted molar refractivity (Wildman–Crippen MR) is 135 cm³/mol. The Bertz CT molecular complexity index is 1160. The highest BCUT2D eigenvalue weighted by Crippen LogP contribution is 2.44. The van der Waals surface area contributed by atoms with Crippen LogP contribution in [0.25, 0.3) is 0 Å². The van der Waals surface area contributed by atoms with Crippen LogP contribution in [0.1, 0.15) is 38.3 Å². The fourth-order valence-corrected chi connectivity index (χ4v) is 5.44. The Balaban J connectivity index is 1.59. The first kappa shape index (κ1) is 24.8. The van der Waals surface area contributed by atoms with Crippen molar-refractivity contribution in [1.82, 2.24) is 10.2 Å². The summed E-state index contributed by atoms with van der Waals surface area (Å²) in [6, 6.07) is 16.7. The van der Waals surface area contributed by atoms with E-state index in [4.69, 9.17) is 14.2 Å². The monoisotopic (exact) mass is 494 g/mol. The van der Waals surface area contributed by atoms with Crippen LogP contribution in [0.15, 0.2) is 60.0 Å². The number of nitrogens with one attached hydrogen (secondary N) is 1. The van der Waals surface area contributed by atoms with Crippen LogP contribution in [0.3, 0.4) is 0 Å². The van der Waals surface area contributed by atoms with Gasteiger partial charge >= 0.3 is 0 Å². The molecule has 2 aromatic carbocycles. The van der Waals surface area contributed by atoms with Gasteiger partial charge in [-0.2, -0.15) is 0 Å². The third-order valence-electron chi connectivity index (χ3n) is 6.25. The van der Waals surface area contributed by atoms with E-state index in [1.54, 1.807) is 43.6 Å². The minimum Gasteiger partial charge on any atom is -0.493 e. The van der Waals surface area contributed by atoms with Crippen LogP contribution in [0.4, 0.5) is 0 Å². The zero-order chi connectivity index (χ0) is 24.8. The van der Waals surface area contributed by atoms with Gasteiger partial charge in [0.15, 0.2) is 11.5 Å². The lowest BCUT2D eigenvalue weighted by molar-refractivity contribution is -0.124. The van der Waals surface area contributed by atoms with Gasteiger partial charge in [-0.25, -0.2) is 0 Å². The van der Waals surface area contributed by atoms with E-state index in [0.29, 0.717) is 43.2 Å². The van der Waals surface area contributed by atoms with Crippen molar-refractivity contribution in [2.75, 3.05) is 41.0 Å². The van der Waals surface area contributed by atoms with Crippen LogP contribution >= 0.6 is 11.3 Å². The summed E-state index contributed by atoms with van der Waals surface area (Å²) in [7, 11) is 4.82. The summed E-state index contributed by atoms with van der Waals surface area (Å²) in [5, 5.41) is 5.09. The predicted octanol–water partition coefficient (Wildman–Crippen LogP) is 4.05. The van der Waals surface area contributed by atoms with Crippen molar-refractivity contribution >= 4 is 23.2 Å². The molecule has 2 amide bonds. The topological polar surface area (TPSA) is 77.1 Å². The molecule has 0 saturated heterocycles. The highest BCUT2D eigenvalue weighted by atomic mass is 32.1. The largest absolute Gasteiger partial charge is 0.493 e. The Kier molecular flexibility index (Phi) is 8.05. The number of fused-ring (bicyclic) bond motifs is 1. The molecule has 0 spiro atoms. The molecule has 0 unspecified atom stereocenters. The molecule has 0 aliphatic carbocycles. The summed E-state index contributed by atoms with van der Waals surface area (Å²) in [4.78, 5) is 29.9. The zero-order valence-electron chi connectivity index (χ0n) is 20.2. The number of carbonyl (C=O) groups is 2. The van der Waals surface area contributed by atoms with Gasteiger partial charge in [0.25, 0.3) is 5.91 Å². The summed E-state index contributed by atoms with van der Waals surface area (Å²) in [5.41, 5.74) is 2.35. The average molecular weight is 495 g/mol. The molecule has 1 N–H and O–H groups in total. The molecule has 0 fully saturated rings. The minimum absolute atomic E-state index is 0.0783. The molecule has 1 aliphatic rings. The number of amides is 2. The number of hydrogen-bond donors (Lipinski definition) is 1. The van der Waals surface area contributed by atoms with Gasteiger partial charge in [-0.15, -0.1) is 11.3 Å². The van der Waals surface area contributed by atoms with Crippen molar-refractivity contribution in [3.8, 4) is 11.5 Å². The van der Waals surface area contributed by atoms with Crippen LogP contribution in [0.5, 0.6) is 11.5 Å². The first-order chi connectivity index (χ1) is 17.1. The van der Waals surface area contributed by atoms with Crippen LogP contribution in [0.2, 0.25) is 0 Å². The molecule has 7 nitrogen and oxygen atoms in total. The average Bonchev–Trinajstić information content (AvgIpc) is 3.42. The molecular weight excluding hydrogens is 464 g/mol. The number of carbonyl (C=O) groups excluding carboxylic acids is 2. The number of ether oxygens (including phenoxy) is 3. The summed E-state index contributed by atoms with van der Waals surface area (Å²) >= 11 is 1.55. The van der Waals surface area contributed by atoms with E-state index < -0.39 is 12.0 Å². The molecular formula is C27H30N2O5S. The smallest absolute Gasteiger partial charge is 0.254 e. The van der Waals surface area contributed by atoms with Gasteiger partial charge in [0, 0.05) is 30.6 Å². The van der Waals surface area contributed by atoms with Gasteiger partial charge in [0.05, 0.1) is 32.8 Å². The lowest BCUT2D eigenvalue weighted by Crippen LogP contribution is -2.48. The number of thiophene rings is 1. The second-order valence-corrected chi connectivity index (χ2v) is 9.23. The van der Waals surface area contributed by atoms with Gasteiger partial charge in [0.1, 0.15) is 0 Å². The molecule has 8 heteroatoms. The second-order valence-electron chi connectivity index (χ2n) is 8.25. The van der Waals surface area contributed by atoms with Crippen molar-refractivity contribution in [3.63, 3.8) is 0 Å². The maximum absolute atomic E-state index is 13.7. The molecule has 0 bridgehead atoms. The highest BCUT2D eigenvalue weighted by molar-refractivity contribution is 7.10. The number of benzene rings is 2. The Hall–Kier alpha value is -3.36. The van der Waals surface area contributed by atoms with Crippen LogP contribution < -0.4 is 14.8 Å². The molecule has 4 rings (SSSR count). The standard InChI is InChI=1S/C27H30N2O5S/c1-32-15-14-29-25(23-9-6-16-35-23)24(19-7-4-5-8-20(19)27(29)31)26(30)28-13-12-18-10-11-21(33-2)22(17-18)34-3/h4-11,16-17,24-25H,12-15H2,1-3H3,(H,28,30)/t24-,25-/m1/s1. The van der Waals surface area contributed by atoms with Gasteiger partial charge < -0.3 is 24.4 Å².